The first-order valence-electron chi connectivity index (χ1n) is 8.70. The third kappa shape index (κ3) is 6.62. The molecule has 0 spiro atoms. The Kier molecular flexibility index (Phi) is 7.73. The zero-order chi connectivity index (χ0) is 18.8. The van der Waals surface area contributed by atoms with E-state index < -0.39 is 0 Å². The molecule has 1 aromatic carbocycles. The van der Waals surface area contributed by atoms with E-state index in [1.165, 1.54) is 12.1 Å². The van der Waals surface area contributed by atoms with E-state index in [1.54, 1.807) is 12.1 Å². The second-order valence-electron chi connectivity index (χ2n) is 5.82. The molecule has 2 aromatic rings. The zero-order valence-corrected chi connectivity index (χ0v) is 14.8. The van der Waals surface area contributed by atoms with Gasteiger partial charge in [-0.05, 0) is 37.1 Å². The standard InChI is InChI=1S/C18H23FN4O3/c1-2-11-20-16(25)10-12-21-15(24)4-3-5-17-22-18(23-26-17)13-6-8-14(19)9-7-13/h6-9H,2-5,10-12H2,1H3,(H,20,25)(H,21,24). The molecule has 1 aromatic heterocycles. The van der Waals surface area contributed by atoms with Crippen LogP contribution in [-0.4, -0.2) is 35.0 Å². The van der Waals surface area contributed by atoms with Crippen molar-refractivity contribution in [1.29, 1.82) is 0 Å². The lowest BCUT2D eigenvalue weighted by molar-refractivity contribution is -0.122. The van der Waals surface area contributed by atoms with Crippen molar-refractivity contribution >= 4 is 11.8 Å². The van der Waals surface area contributed by atoms with E-state index in [4.69, 9.17) is 4.52 Å². The minimum absolute atomic E-state index is 0.0636. The first-order valence-corrected chi connectivity index (χ1v) is 8.70. The Labute approximate surface area is 151 Å². The lowest BCUT2D eigenvalue weighted by Gasteiger charge is -2.05. The molecule has 0 bridgehead atoms. The van der Waals surface area contributed by atoms with Gasteiger partial charge in [-0.1, -0.05) is 12.1 Å². The monoisotopic (exact) mass is 362 g/mol. The van der Waals surface area contributed by atoms with Crippen molar-refractivity contribution in [2.24, 2.45) is 0 Å². The summed E-state index contributed by atoms with van der Waals surface area (Å²) in [7, 11) is 0. The largest absolute Gasteiger partial charge is 0.356 e. The Morgan fingerprint density at radius 1 is 1.08 bits per heavy atom. The van der Waals surface area contributed by atoms with Gasteiger partial charge < -0.3 is 15.2 Å². The molecular weight excluding hydrogens is 339 g/mol. The number of aryl methyl sites for hydroxylation is 1. The van der Waals surface area contributed by atoms with Crippen LogP contribution in [0.1, 0.15) is 38.5 Å². The number of hydrogen-bond acceptors (Lipinski definition) is 5. The molecule has 2 rings (SSSR count). The van der Waals surface area contributed by atoms with Crippen LogP contribution in [0.3, 0.4) is 0 Å². The highest BCUT2D eigenvalue weighted by Crippen LogP contribution is 2.16. The van der Waals surface area contributed by atoms with E-state index >= 15 is 0 Å². The van der Waals surface area contributed by atoms with Gasteiger partial charge in [-0.15, -0.1) is 0 Å². The predicted octanol–water partition coefficient (Wildman–Crippen LogP) is 2.23. The molecule has 7 nitrogen and oxygen atoms in total. The van der Waals surface area contributed by atoms with Gasteiger partial charge in [0.2, 0.25) is 23.5 Å². The SMILES string of the molecule is CCCNC(=O)CCNC(=O)CCCc1nc(-c2ccc(F)cc2)no1. The highest BCUT2D eigenvalue weighted by molar-refractivity contribution is 5.78. The number of hydrogen-bond donors (Lipinski definition) is 2. The van der Waals surface area contributed by atoms with Crippen molar-refractivity contribution in [3.8, 4) is 11.4 Å². The lowest BCUT2D eigenvalue weighted by Crippen LogP contribution is -2.30. The molecule has 8 heteroatoms. The Balaban J connectivity index is 1.66. The van der Waals surface area contributed by atoms with Gasteiger partial charge in [0, 0.05) is 37.9 Å². The van der Waals surface area contributed by atoms with Gasteiger partial charge >= 0.3 is 0 Å². The van der Waals surface area contributed by atoms with Crippen LogP contribution in [0.25, 0.3) is 11.4 Å². The van der Waals surface area contributed by atoms with Crippen molar-refractivity contribution < 1.29 is 18.5 Å². The maximum absolute atomic E-state index is 12.9. The number of aromatic nitrogens is 2. The first-order chi connectivity index (χ1) is 12.6. The summed E-state index contributed by atoms with van der Waals surface area (Å²) in [4.78, 5) is 27.4. The Hall–Kier alpha value is -2.77. The van der Waals surface area contributed by atoms with Gasteiger partial charge in [0.05, 0.1) is 0 Å². The number of benzene rings is 1. The smallest absolute Gasteiger partial charge is 0.226 e. The normalized spacial score (nSPS) is 10.5. The Morgan fingerprint density at radius 2 is 1.77 bits per heavy atom. The molecule has 0 aliphatic carbocycles. The summed E-state index contributed by atoms with van der Waals surface area (Å²) in [6, 6.07) is 5.82. The van der Waals surface area contributed by atoms with Crippen molar-refractivity contribution in [3.05, 3.63) is 36.0 Å². The minimum atomic E-state index is -0.327. The van der Waals surface area contributed by atoms with Gasteiger partial charge in [-0.2, -0.15) is 4.98 Å². The average molecular weight is 362 g/mol. The molecule has 2 N–H and O–H groups in total. The minimum Gasteiger partial charge on any atom is -0.356 e. The summed E-state index contributed by atoms with van der Waals surface area (Å²) >= 11 is 0. The molecule has 2 amide bonds. The number of halogens is 1. The summed E-state index contributed by atoms with van der Waals surface area (Å²) in [5.41, 5.74) is 0.667. The van der Waals surface area contributed by atoms with Gasteiger partial charge in [-0.3, -0.25) is 9.59 Å². The van der Waals surface area contributed by atoms with Crippen LogP contribution in [0.5, 0.6) is 0 Å². The lowest BCUT2D eigenvalue weighted by atomic mass is 10.2. The van der Waals surface area contributed by atoms with Crippen LogP contribution in [0.2, 0.25) is 0 Å². The number of nitrogens with zero attached hydrogens (tertiary/aromatic N) is 2. The van der Waals surface area contributed by atoms with E-state index in [9.17, 15) is 14.0 Å². The number of carbonyl (C=O) groups is 2. The van der Waals surface area contributed by atoms with Crippen molar-refractivity contribution in [2.75, 3.05) is 13.1 Å². The number of carbonyl (C=O) groups excluding carboxylic acids is 2. The maximum Gasteiger partial charge on any atom is 0.226 e. The number of amides is 2. The molecule has 26 heavy (non-hydrogen) atoms. The molecule has 0 aliphatic heterocycles. The average Bonchev–Trinajstić information content (AvgIpc) is 3.09. The number of nitrogens with one attached hydrogen (secondary N) is 2. The summed E-state index contributed by atoms with van der Waals surface area (Å²) in [6.07, 6.45) is 2.50. The van der Waals surface area contributed by atoms with Crippen molar-refractivity contribution in [3.63, 3.8) is 0 Å². The molecule has 140 valence electrons. The predicted molar refractivity (Wildman–Crippen MR) is 93.6 cm³/mol. The van der Waals surface area contributed by atoms with Gasteiger partial charge in [0.1, 0.15) is 5.82 Å². The molecule has 1 heterocycles. The fourth-order valence-electron chi connectivity index (χ4n) is 2.23. The summed E-state index contributed by atoms with van der Waals surface area (Å²) in [5, 5.41) is 9.32. The molecule has 0 saturated carbocycles. The second-order valence-corrected chi connectivity index (χ2v) is 5.82. The summed E-state index contributed by atoms with van der Waals surface area (Å²) in [6.45, 7) is 2.95. The topological polar surface area (TPSA) is 97.1 Å². The molecule has 0 aliphatic rings. The van der Waals surface area contributed by atoms with Crippen LogP contribution in [0.15, 0.2) is 28.8 Å². The van der Waals surface area contributed by atoms with E-state index in [0.717, 1.165) is 6.42 Å². The van der Waals surface area contributed by atoms with Gasteiger partial charge in [0.25, 0.3) is 0 Å². The van der Waals surface area contributed by atoms with Gasteiger partial charge in [0.15, 0.2) is 0 Å². The summed E-state index contributed by atoms with van der Waals surface area (Å²) < 4.78 is 18.1. The fraction of sp³-hybridized carbons (Fsp3) is 0.444. The third-order valence-electron chi connectivity index (χ3n) is 3.61. The van der Waals surface area contributed by atoms with Crippen LogP contribution in [0, 0.1) is 5.82 Å². The van der Waals surface area contributed by atoms with E-state index in [0.29, 0.717) is 49.6 Å². The molecular formula is C18H23FN4O3. The zero-order valence-electron chi connectivity index (χ0n) is 14.8. The maximum atomic E-state index is 12.9. The van der Waals surface area contributed by atoms with E-state index in [2.05, 4.69) is 20.8 Å². The van der Waals surface area contributed by atoms with Crippen molar-refractivity contribution in [2.45, 2.75) is 39.0 Å². The van der Waals surface area contributed by atoms with Crippen LogP contribution in [-0.2, 0) is 16.0 Å². The van der Waals surface area contributed by atoms with Crippen LogP contribution >= 0.6 is 0 Å². The van der Waals surface area contributed by atoms with Crippen molar-refractivity contribution in [1.82, 2.24) is 20.8 Å². The number of rotatable bonds is 10. The molecule has 0 saturated heterocycles. The van der Waals surface area contributed by atoms with Gasteiger partial charge in [-0.25, -0.2) is 4.39 Å². The highest BCUT2D eigenvalue weighted by atomic mass is 19.1. The highest BCUT2D eigenvalue weighted by Gasteiger charge is 2.10. The molecule has 0 radical (unpaired) electrons. The Morgan fingerprint density at radius 3 is 2.50 bits per heavy atom. The Bertz CT molecular complexity index is 715. The van der Waals surface area contributed by atoms with E-state index in [-0.39, 0.29) is 24.1 Å². The molecule has 0 unspecified atom stereocenters. The van der Waals surface area contributed by atoms with Crippen LogP contribution in [0.4, 0.5) is 4.39 Å². The molecule has 0 fully saturated rings. The second kappa shape index (κ2) is 10.3. The first kappa shape index (κ1) is 19.6. The molecule has 0 atom stereocenters. The summed E-state index contributed by atoms with van der Waals surface area (Å²) in [5.74, 6) is 0.308. The third-order valence-corrected chi connectivity index (χ3v) is 3.61. The quantitative estimate of drug-likeness (QED) is 0.675. The van der Waals surface area contributed by atoms with E-state index in [1.807, 2.05) is 6.92 Å². The van der Waals surface area contributed by atoms with Crippen LogP contribution < -0.4 is 10.6 Å². The fourth-order valence-corrected chi connectivity index (χ4v) is 2.23.